The first-order valence-corrected chi connectivity index (χ1v) is 22.9. The Labute approximate surface area is 358 Å². The van der Waals surface area contributed by atoms with E-state index in [2.05, 4.69) is 194 Å². The van der Waals surface area contributed by atoms with Gasteiger partial charge in [0.05, 0.1) is 5.69 Å². The average molecular weight is 782 g/mol. The average Bonchev–Trinajstić information content (AvgIpc) is 3.39. The molecule has 5 aromatic carbocycles. The molecule has 1 nitrogen and oxygen atoms in total. The zero-order chi connectivity index (χ0) is 42.5. The third kappa shape index (κ3) is 6.13. The molecule has 0 fully saturated rings. The van der Waals surface area contributed by atoms with Gasteiger partial charge in [-0.15, -0.1) is 0 Å². The van der Waals surface area contributed by atoms with E-state index in [1.807, 2.05) is 0 Å². The van der Waals surface area contributed by atoms with E-state index in [4.69, 9.17) is 0 Å². The highest BCUT2D eigenvalue weighted by Gasteiger charge is 2.42. The van der Waals surface area contributed by atoms with Gasteiger partial charge in [-0.2, -0.15) is 0 Å². The molecule has 0 aliphatic heterocycles. The molecule has 9 rings (SSSR count). The first kappa shape index (κ1) is 40.3. The normalized spacial score (nSPS) is 21.7. The summed E-state index contributed by atoms with van der Waals surface area (Å²) in [5.41, 5.74) is 23.1. The van der Waals surface area contributed by atoms with Gasteiger partial charge in [0.2, 0.25) is 0 Å². The minimum Gasteiger partial charge on any atom is -0.310 e. The van der Waals surface area contributed by atoms with Gasteiger partial charge < -0.3 is 4.90 Å². The Bertz CT molecular complexity index is 2470. The predicted molar refractivity (Wildman–Crippen MR) is 255 cm³/mol. The van der Waals surface area contributed by atoms with E-state index in [9.17, 15) is 0 Å². The van der Waals surface area contributed by atoms with Crippen molar-refractivity contribution in [1.29, 1.82) is 0 Å². The molecule has 0 atom stereocenters. The lowest BCUT2D eigenvalue weighted by molar-refractivity contribution is 0.332. The summed E-state index contributed by atoms with van der Waals surface area (Å²) in [4.78, 5) is 2.68. The highest BCUT2D eigenvalue weighted by atomic mass is 15.1. The summed E-state index contributed by atoms with van der Waals surface area (Å²) < 4.78 is 0. The van der Waals surface area contributed by atoms with Gasteiger partial charge in [-0.25, -0.2) is 0 Å². The van der Waals surface area contributed by atoms with E-state index in [0.29, 0.717) is 0 Å². The zero-order valence-corrected chi connectivity index (χ0v) is 39.3. The molecule has 0 radical (unpaired) electrons. The van der Waals surface area contributed by atoms with Crippen molar-refractivity contribution in [2.75, 3.05) is 4.90 Å². The van der Waals surface area contributed by atoms with Gasteiger partial charge >= 0.3 is 0 Å². The zero-order valence-electron chi connectivity index (χ0n) is 39.3. The van der Waals surface area contributed by atoms with Crippen molar-refractivity contribution < 1.29 is 0 Å². The summed E-state index contributed by atoms with van der Waals surface area (Å²) in [5.74, 6) is 0. The van der Waals surface area contributed by atoms with Crippen LogP contribution >= 0.6 is 0 Å². The molecule has 4 aliphatic carbocycles. The Morgan fingerprint density at radius 1 is 0.339 bits per heavy atom. The lowest BCUT2D eigenvalue weighted by Crippen LogP contribution is -2.34. The summed E-state index contributed by atoms with van der Waals surface area (Å²) in [7, 11) is 0. The van der Waals surface area contributed by atoms with E-state index in [1.165, 1.54) is 128 Å². The minimum absolute atomic E-state index is 0.0896. The third-order valence-electron chi connectivity index (χ3n) is 16.6. The Hall–Kier alpha value is -4.10. The smallest absolute Gasteiger partial charge is 0.0543 e. The second kappa shape index (κ2) is 12.7. The van der Waals surface area contributed by atoms with Crippen molar-refractivity contribution >= 4 is 17.1 Å². The number of aryl methyl sites for hydroxylation is 1. The van der Waals surface area contributed by atoms with Gasteiger partial charge in [-0.1, -0.05) is 139 Å². The van der Waals surface area contributed by atoms with Gasteiger partial charge in [0, 0.05) is 22.4 Å². The van der Waals surface area contributed by atoms with Crippen molar-refractivity contribution in [2.45, 2.75) is 180 Å². The second-order valence-corrected chi connectivity index (χ2v) is 23.9. The second-order valence-electron chi connectivity index (χ2n) is 23.9. The lowest BCUT2D eigenvalue weighted by Gasteiger charge is -2.44. The van der Waals surface area contributed by atoms with Crippen LogP contribution in [-0.2, 0) is 37.9 Å². The minimum atomic E-state index is -0.133. The molecule has 5 aromatic rings. The molecule has 0 amide bonds. The van der Waals surface area contributed by atoms with Gasteiger partial charge in [0.25, 0.3) is 0 Å². The molecule has 308 valence electrons. The monoisotopic (exact) mass is 782 g/mol. The molecule has 0 saturated carbocycles. The molecule has 0 heterocycles. The van der Waals surface area contributed by atoms with E-state index in [-0.39, 0.29) is 37.9 Å². The molecule has 0 N–H and O–H groups in total. The lowest BCUT2D eigenvalue weighted by atomic mass is 9.62. The van der Waals surface area contributed by atoms with Crippen LogP contribution in [0.15, 0.2) is 84.9 Å². The van der Waals surface area contributed by atoms with Crippen molar-refractivity contribution in [3.05, 3.63) is 135 Å². The van der Waals surface area contributed by atoms with E-state index < -0.39 is 0 Å². The maximum absolute atomic E-state index is 2.68. The summed E-state index contributed by atoms with van der Waals surface area (Å²) in [6.07, 6.45) is 7.21. The summed E-state index contributed by atoms with van der Waals surface area (Å²) in [6, 6.07) is 34.7. The summed E-state index contributed by atoms with van der Waals surface area (Å²) in [5, 5.41) is 0. The molecule has 0 spiro atoms. The number of hydrogen-bond acceptors (Lipinski definition) is 1. The maximum Gasteiger partial charge on any atom is 0.0543 e. The largest absolute Gasteiger partial charge is 0.310 e. The van der Waals surface area contributed by atoms with Crippen LogP contribution in [0.5, 0.6) is 0 Å². The topological polar surface area (TPSA) is 3.24 Å². The van der Waals surface area contributed by atoms with Crippen LogP contribution in [0.4, 0.5) is 17.1 Å². The summed E-state index contributed by atoms with van der Waals surface area (Å²) in [6.45, 7) is 36.8. The predicted octanol–water partition coefficient (Wildman–Crippen LogP) is 16.5. The number of nitrogens with zero attached hydrogens (tertiary/aromatic N) is 1. The van der Waals surface area contributed by atoms with E-state index >= 15 is 0 Å². The SMILES string of the molecule is Cc1cc2c(cc1-c1cc3c(cc1N(c1ccc4c(c1)C(C)(C)CCC4(C)C)c1ccc4c(c1)C(C)(C)CCC4(C)C)C(C)(C)c1ccccc1-3)C(C)(C)CCC2(C)C. The molecule has 1 heteroatoms. The first-order chi connectivity index (χ1) is 27.4. The van der Waals surface area contributed by atoms with Crippen LogP contribution in [-0.4, -0.2) is 0 Å². The first-order valence-electron chi connectivity index (χ1n) is 22.9. The van der Waals surface area contributed by atoms with E-state index in [1.54, 1.807) is 0 Å². The quantitative estimate of drug-likeness (QED) is 0.176. The molecular formula is C58H71N. The van der Waals surface area contributed by atoms with Crippen molar-refractivity contribution in [3.8, 4) is 22.3 Å². The van der Waals surface area contributed by atoms with Gasteiger partial charge in [-0.3, -0.25) is 0 Å². The van der Waals surface area contributed by atoms with Crippen molar-refractivity contribution in [2.24, 2.45) is 0 Å². The molecule has 0 unspecified atom stereocenters. The van der Waals surface area contributed by atoms with Gasteiger partial charge in [0.15, 0.2) is 0 Å². The highest BCUT2D eigenvalue weighted by Crippen LogP contribution is 2.57. The number of rotatable bonds is 4. The van der Waals surface area contributed by atoms with E-state index in [0.717, 1.165) is 0 Å². The standard InChI is InChI=1S/C58H71N/c1-36-30-47-50(57(12,13)29-28-54(47,6)7)34-40(36)42-33-41-39-18-16-17-19-43(39)58(14,15)46(41)35-51(42)59(37-20-22-44-48(31-37)55(8,9)26-24-52(44,2)3)38-21-23-45-49(32-38)56(10,11)27-25-53(45,4)5/h16-23,30-35H,24-29H2,1-15H3. The summed E-state index contributed by atoms with van der Waals surface area (Å²) >= 11 is 0. The molecule has 4 aliphatic rings. The fourth-order valence-corrected chi connectivity index (χ4v) is 12.0. The Kier molecular flexibility index (Phi) is 8.69. The van der Waals surface area contributed by atoms with Crippen molar-refractivity contribution in [1.82, 2.24) is 0 Å². The van der Waals surface area contributed by atoms with Crippen LogP contribution in [0.3, 0.4) is 0 Å². The molecule has 0 saturated heterocycles. The van der Waals surface area contributed by atoms with Crippen LogP contribution in [0.1, 0.15) is 186 Å². The fraction of sp³-hybridized carbons (Fsp3) is 0.483. The van der Waals surface area contributed by atoms with Crippen LogP contribution in [0.2, 0.25) is 0 Å². The van der Waals surface area contributed by atoms with Crippen LogP contribution in [0.25, 0.3) is 22.3 Å². The Morgan fingerprint density at radius 3 is 1.25 bits per heavy atom. The fourth-order valence-electron chi connectivity index (χ4n) is 12.0. The maximum atomic E-state index is 2.68. The van der Waals surface area contributed by atoms with Gasteiger partial charge in [0.1, 0.15) is 0 Å². The Balaban J connectivity index is 1.40. The van der Waals surface area contributed by atoms with Crippen LogP contribution in [0, 0.1) is 6.92 Å². The third-order valence-corrected chi connectivity index (χ3v) is 16.6. The number of hydrogen-bond donors (Lipinski definition) is 0. The number of fused-ring (bicyclic) bond motifs is 6. The highest BCUT2D eigenvalue weighted by molar-refractivity contribution is 5.96. The Morgan fingerprint density at radius 2 is 0.763 bits per heavy atom. The van der Waals surface area contributed by atoms with Gasteiger partial charge in [-0.05, 0) is 187 Å². The molecule has 59 heavy (non-hydrogen) atoms. The van der Waals surface area contributed by atoms with Crippen molar-refractivity contribution in [3.63, 3.8) is 0 Å². The number of benzene rings is 5. The molecule has 0 bridgehead atoms. The molecular weight excluding hydrogens is 711 g/mol. The number of anilines is 3. The van der Waals surface area contributed by atoms with Crippen LogP contribution < -0.4 is 4.90 Å². The molecule has 0 aromatic heterocycles.